The van der Waals surface area contributed by atoms with Gasteiger partial charge in [0.1, 0.15) is 0 Å². The summed E-state index contributed by atoms with van der Waals surface area (Å²) in [5.74, 6) is 0. The molecule has 0 unspecified atom stereocenters. The lowest BCUT2D eigenvalue weighted by atomic mass is 9.96. The van der Waals surface area contributed by atoms with Crippen molar-refractivity contribution >= 4 is 48.9 Å². The van der Waals surface area contributed by atoms with Crippen LogP contribution >= 0.6 is 0 Å². The number of benzene rings is 4. The number of aromatic nitrogens is 7. The van der Waals surface area contributed by atoms with Gasteiger partial charge in [0.25, 0.3) is 0 Å². The van der Waals surface area contributed by atoms with Gasteiger partial charge in [-0.25, -0.2) is 9.97 Å². The third kappa shape index (κ3) is 5.44. The third-order valence-electron chi connectivity index (χ3n) is 11.3. The highest BCUT2D eigenvalue weighted by molar-refractivity contribution is 6.28. The first-order valence-electron chi connectivity index (χ1n) is 19.6. The van der Waals surface area contributed by atoms with Crippen molar-refractivity contribution in [3.8, 4) is 67.8 Å². The summed E-state index contributed by atoms with van der Waals surface area (Å²) in [7, 11) is 0. The molecule has 0 bridgehead atoms. The fourth-order valence-corrected chi connectivity index (χ4v) is 8.65. The molecule has 274 valence electrons. The van der Waals surface area contributed by atoms with Gasteiger partial charge < -0.3 is 4.40 Å². The minimum Gasteiger partial charge on any atom is -0.308 e. The van der Waals surface area contributed by atoms with Gasteiger partial charge in [0.15, 0.2) is 0 Å². The summed E-state index contributed by atoms with van der Waals surface area (Å²) in [5, 5.41) is 7.06. The van der Waals surface area contributed by atoms with Crippen LogP contribution in [0.5, 0.6) is 0 Å². The first-order chi connectivity index (χ1) is 29.2. The van der Waals surface area contributed by atoms with Crippen molar-refractivity contribution < 1.29 is 0 Å². The van der Waals surface area contributed by atoms with Crippen molar-refractivity contribution in [1.29, 1.82) is 0 Å². The first-order valence-corrected chi connectivity index (χ1v) is 19.6. The maximum atomic E-state index is 5.30. The molecular formula is C52H31N7. The maximum absolute atomic E-state index is 5.30. The molecule has 0 amide bonds. The van der Waals surface area contributed by atoms with Gasteiger partial charge in [0.2, 0.25) is 0 Å². The van der Waals surface area contributed by atoms with E-state index >= 15 is 0 Å². The van der Waals surface area contributed by atoms with Crippen LogP contribution < -0.4 is 0 Å². The Balaban J connectivity index is 1.16. The van der Waals surface area contributed by atoms with Gasteiger partial charge in [-0.1, -0.05) is 60.7 Å². The Morgan fingerprint density at radius 1 is 0.305 bits per heavy atom. The normalized spacial score (nSPS) is 11.7. The monoisotopic (exact) mass is 753 g/mol. The zero-order valence-electron chi connectivity index (χ0n) is 31.5. The number of fused-ring (bicyclic) bond motifs is 5. The highest BCUT2D eigenvalue weighted by atomic mass is 14.9. The average Bonchev–Trinajstić information content (AvgIpc) is 3.65. The number of hydrogen-bond acceptors (Lipinski definition) is 6. The van der Waals surface area contributed by atoms with Crippen molar-refractivity contribution in [2.45, 2.75) is 0 Å². The first kappa shape index (κ1) is 33.0. The van der Waals surface area contributed by atoms with Gasteiger partial charge >= 0.3 is 0 Å². The van der Waals surface area contributed by atoms with Gasteiger partial charge in [-0.3, -0.25) is 19.9 Å². The minimum absolute atomic E-state index is 0.789. The van der Waals surface area contributed by atoms with E-state index in [0.29, 0.717) is 0 Å². The summed E-state index contributed by atoms with van der Waals surface area (Å²) in [6, 6.07) is 56.8. The molecule has 12 rings (SSSR count). The summed E-state index contributed by atoms with van der Waals surface area (Å²) < 4.78 is 2.44. The number of nitrogens with zero attached hydrogens (tertiary/aromatic N) is 7. The van der Waals surface area contributed by atoms with Crippen LogP contribution in [-0.2, 0) is 0 Å². The molecule has 59 heavy (non-hydrogen) atoms. The summed E-state index contributed by atoms with van der Waals surface area (Å²) >= 11 is 0. The lowest BCUT2D eigenvalue weighted by Crippen LogP contribution is -1.95. The van der Waals surface area contributed by atoms with E-state index in [-0.39, 0.29) is 0 Å². The number of pyridine rings is 7. The fraction of sp³-hybridized carbons (Fsp3) is 0. The molecule has 7 heteroatoms. The molecule has 8 aromatic heterocycles. The molecule has 0 aliphatic heterocycles. The number of hydrogen-bond donors (Lipinski definition) is 0. The van der Waals surface area contributed by atoms with Gasteiger partial charge in [-0.15, -0.1) is 0 Å². The molecule has 0 atom stereocenters. The SMILES string of the molecule is c1ccc(-c2cc(-c3ccc4c(c3)c3cc(-c5cc(-c6ccccn6)cc(-c6ccccn6)n5)cc5c6cccc7cccc(c76)n4c53)nc(-c3ccccn3)c2)nc1. The zero-order chi connectivity index (χ0) is 38.9. The average molecular weight is 754 g/mol. The summed E-state index contributed by atoms with van der Waals surface area (Å²) in [6.45, 7) is 0. The highest BCUT2D eigenvalue weighted by Gasteiger charge is 2.21. The van der Waals surface area contributed by atoms with Crippen molar-refractivity contribution in [2.75, 3.05) is 0 Å². The van der Waals surface area contributed by atoms with Gasteiger partial charge in [-0.2, -0.15) is 0 Å². The Bertz CT molecular complexity index is 3410. The van der Waals surface area contributed by atoms with E-state index in [1.165, 1.54) is 27.2 Å². The Hall–Kier alpha value is -8.16. The molecule has 0 radical (unpaired) electrons. The second-order valence-corrected chi connectivity index (χ2v) is 14.8. The number of rotatable bonds is 6. The van der Waals surface area contributed by atoms with E-state index in [4.69, 9.17) is 24.9 Å². The Kier molecular flexibility index (Phi) is 7.40. The fourth-order valence-electron chi connectivity index (χ4n) is 8.65. The van der Waals surface area contributed by atoms with Crippen molar-refractivity contribution in [3.63, 3.8) is 0 Å². The summed E-state index contributed by atoms with van der Waals surface area (Å²) in [4.78, 5) is 29.3. The Labute approximate surface area is 338 Å². The predicted octanol–water partition coefficient (Wildman–Crippen LogP) is 12.4. The van der Waals surface area contributed by atoms with Gasteiger partial charge in [0.05, 0.1) is 62.1 Å². The van der Waals surface area contributed by atoms with Crippen LogP contribution in [0.1, 0.15) is 0 Å². The molecule has 8 heterocycles. The molecule has 0 N–H and O–H groups in total. The largest absolute Gasteiger partial charge is 0.308 e. The van der Waals surface area contributed by atoms with Crippen molar-refractivity contribution in [1.82, 2.24) is 34.3 Å². The van der Waals surface area contributed by atoms with Crippen LogP contribution in [0.25, 0.3) is 117 Å². The molecule has 4 aromatic carbocycles. The van der Waals surface area contributed by atoms with Crippen LogP contribution in [0.4, 0.5) is 0 Å². The zero-order valence-corrected chi connectivity index (χ0v) is 31.5. The second-order valence-electron chi connectivity index (χ2n) is 14.8. The summed E-state index contributed by atoms with van der Waals surface area (Å²) in [6.07, 6.45) is 7.27. The molecule has 0 saturated carbocycles. The smallest absolute Gasteiger partial charge is 0.0900 e. The van der Waals surface area contributed by atoms with Crippen LogP contribution in [-0.4, -0.2) is 34.3 Å². The molecule has 0 spiro atoms. The standard InChI is InChI=1S/C52H31N7/c1-5-21-53-41(14-1)35-28-45(57-47(30-35)43-16-3-7-23-55-43)33-19-20-49-38(25-33)40-27-34(26-39-37-13-9-11-32-12-10-18-50(51(32)37)59(49)52(39)40)46-29-36(42-15-2-6-22-54-42)31-48(58-46)44-17-4-8-24-56-44/h1-31H. The predicted molar refractivity (Wildman–Crippen MR) is 238 cm³/mol. The van der Waals surface area contributed by atoms with E-state index in [9.17, 15) is 0 Å². The van der Waals surface area contributed by atoms with Crippen LogP contribution in [0, 0.1) is 0 Å². The van der Waals surface area contributed by atoms with Crippen LogP contribution in [0.15, 0.2) is 189 Å². The maximum Gasteiger partial charge on any atom is 0.0900 e. The lowest BCUT2D eigenvalue weighted by molar-refractivity contribution is 1.24. The lowest BCUT2D eigenvalue weighted by Gasteiger charge is -2.14. The van der Waals surface area contributed by atoms with Gasteiger partial charge in [-0.05, 0) is 114 Å². The molecule has 0 saturated heterocycles. The molecule has 0 aliphatic carbocycles. The third-order valence-corrected chi connectivity index (χ3v) is 11.3. The molecular weight excluding hydrogens is 723 g/mol. The Morgan fingerprint density at radius 2 is 0.797 bits per heavy atom. The molecule has 0 fully saturated rings. The van der Waals surface area contributed by atoms with E-state index in [0.717, 1.165) is 89.5 Å². The van der Waals surface area contributed by atoms with Crippen LogP contribution in [0.3, 0.4) is 0 Å². The Morgan fingerprint density at radius 3 is 1.37 bits per heavy atom. The van der Waals surface area contributed by atoms with E-state index in [1.54, 1.807) is 6.20 Å². The molecule has 0 aliphatic rings. The van der Waals surface area contributed by atoms with Crippen LogP contribution in [0.2, 0.25) is 0 Å². The van der Waals surface area contributed by atoms with Gasteiger partial charge in [0, 0.05) is 68.6 Å². The van der Waals surface area contributed by atoms with E-state index < -0.39 is 0 Å². The second kappa shape index (κ2) is 13.2. The molecule has 12 aromatic rings. The highest BCUT2D eigenvalue weighted by Crippen LogP contribution is 2.44. The van der Waals surface area contributed by atoms with E-state index in [1.807, 2.05) is 91.4 Å². The quantitative estimate of drug-likeness (QED) is 0.124. The van der Waals surface area contributed by atoms with Crippen molar-refractivity contribution in [3.05, 3.63) is 189 Å². The van der Waals surface area contributed by atoms with Crippen molar-refractivity contribution in [2.24, 2.45) is 0 Å². The van der Waals surface area contributed by atoms with E-state index in [2.05, 4.69) is 100 Å². The topological polar surface area (TPSA) is 81.8 Å². The molecule has 7 nitrogen and oxygen atoms in total. The summed E-state index contributed by atoms with van der Waals surface area (Å²) in [5.41, 5.74) is 14.1. The minimum atomic E-state index is 0.789.